The van der Waals surface area contributed by atoms with Crippen LogP contribution < -0.4 is 15.8 Å². The number of anilines is 2. The van der Waals surface area contributed by atoms with Gasteiger partial charge in [-0.15, -0.1) is 0 Å². The number of nitrogens with one attached hydrogen (secondary N) is 1. The van der Waals surface area contributed by atoms with E-state index in [0.29, 0.717) is 23.3 Å². The van der Waals surface area contributed by atoms with Crippen LogP contribution >= 0.6 is 0 Å². The second-order valence-electron chi connectivity index (χ2n) is 8.01. The number of methoxy groups -OCH3 is 1. The molecule has 0 fully saturated rings. The van der Waals surface area contributed by atoms with Gasteiger partial charge in [0.25, 0.3) is 6.01 Å². The predicted octanol–water partition coefficient (Wildman–Crippen LogP) is 4.48. The summed E-state index contributed by atoms with van der Waals surface area (Å²) in [4.78, 5) is 16.0. The van der Waals surface area contributed by atoms with Gasteiger partial charge in [-0.25, -0.2) is 0 Å². The van der Waals surface area contributed by atoms with Crippen molar-refractivity contribution in [2.24, 2.45) is 0 Å². The Hall–Kier alpha value is -2.35. The Morgan fingerprint density at radius 1 is 1.13 bits per heavy atom. The smallest absolute Gasteiger partial charge is 0.298 e. The summed E-state index contributed by atoms with van der Waals surface area (Å²) < 4.78 is 7.49. The summed E-state index contributed by atoms with van der Waals surface area (Å²) in [5.74, 6) is 0.926. The van der Waals surface area contributed by atoms with E-state index < -0.39 is 0 Å². The number of hydrogen-bond acceptors (Lipinski definition) is 7. The van der Waals surface area contributed by atoms with Crippen LogP contribution in [-0.4, -0.2) is 57.7 Å². The second-order valence-corrected chi connectivity index (χ2v) is 8.01. The fourth-order valence-corrected chi connectivity index (χ4v) is 3.59. The number of fused-ring (bicyclic) bond motifs is 1. The summed E-state index contributed by atoms with van der Waals surface area (Å²) in [7, 11) is 1.63. The molecule has 0 aliphatic heterocycles. The molecule has 0 bridgehead atoms. The number of allylic oxidation sites excluding steroid dienone is 1. The zero-order valence-corrected chi connectivity index (χ0v) is 20.1. The van der Waals surface area contributed by atoms with Crippen LogP contribution in [0.3, 0.4) is 0 Å². The zero-order chi connectivity index (χ0) is 22.6. The lowest BCUT2D eigenvalue weighted by Gasteiger charge is -2.19. The third kappa shape index (κ3) is 7.38. The van der Waals surface area contributed by atoms with Crippen LogP contribution in [0, 0.1) is 0 Å². The number of nitrogen functional groups attached to an aromatic ring is 1. The normalized spacial score (nSPS) is 12.1. The van der Waals surface area contributed by atoms with Crippen molar-refractivity contribution in [1.82, 2.24) is 24.4 Å². The van der Waals surface area contributed by atoms with E-state index in [0.717, 1.165) is 63.9 Å². The lowest BCUT2D eigenvalue weighted by Crippen LogP contribution is -2.25. The van der Waals surface area contributed by atoms with Gasteiger partial charge in [-0.2, -0.15) is 15.0 Å². The van der Waals surface area contributed by atoms with E-state index in [9.17, 15) is 0 Å². The number of aryl methyl sites for hydroxylation is 1. The Labute approximate surface area is 187 Å². The van der Waals surface area contributed by atoms with E-state index in [1.165, 1.54) is 18.5 Å². The monoisotopic (exact) mass is 431 g/mol. The molecule has 2 aromatic heterocycles. The lowest BCUT2D eigenvalue weighted by atomic mass is 10.1. The van der Waals surface area contributed by atoms with Crippen molar-refractivity contribution < 1.29 is 4.74 Å². The molecule has 31 heavy (non-hydrogen) atoms. The van der Waals surface area contributed by atoms with Crippen molar-refractivity contribution in [3.63, 3.8) is 0 Å². The molecule has 174 valence electrons. The first-order valence-electron chi connectivity index (χ1n) is 11.7. The standard InChI is InChI=1S/C23H41N7O/c1-6-9-14-25-22-27-20(24)19-21(28-22)30(23(26-19)31-5)16-11-10-12-18(4)13-17-29(8-3)15-7-2/h12H,6-11,13-17H2,1-5H3,(H3,24,25,27,28). The van der Waals surface area contributed by atoms with Gasteiger partial charge < -0.3 is 20.7 Å². The first-order valence-corrected chi connectivity index (χ1v) is 11.7. The molecule has 0 saturated carbocycles. The maximum atomic E-state index is 6.15. The average molecular weight is 432 g/mol. The largest absolute Gasteiger partial charge is 0.468 e. The van der Waals surface area contributed by atoms with Gasteiger partial charge in [0, 0.05) is 19.6 Å². The van der Waals surface area contributed by atoms with E-state index >= 15 is 0 Å². The molecular formula is C23H41N7O. The molecule has 0 amide bonds. The summed E-state index contributed by atoms with van der Waals surface area (Å²) in [6, 6.07) is 0.528. The van der Waals surface area contributed by atoms with Crippen molar-refractivity contribution in [2.75, 3.05) is 44.3 Å². The second kappa shape index (κ2) is 13.1. The number of hydrogen-bond donors (Lipinski definition) is 2. The molecule has 0 aromatic carbocycles. The molecule has 0 aliphatic carbocycles. The molecule has 0 radical (unpaired) electrons. The molecule has 2 rings (SSSR count). The molecule has 8 heteroatoms. The summed E-state index contributed by atoms with van der Waals surface area (Å²) in [6.07, 6.45) is 8.85. The van der Waals surface area contributed by atoms with Gasteiger partial charge in [0.1, 0.15) is 0 Å². The highest BCUT2D eigenvalue weighted by molar-refractivity contribution is 5.84. The molecule has 0 saturated heterocycles. The van der Waals surface area contributed by atoms with Gasteiger partial charge in [0.2, 0.25) is 5.95 Å². The summed E-state index contributed by atoms with van der Waals surface area (Å²) in [5.41, 5.74) is 8.92. The summed E-state index contributed by atoms with van der Waals surface area (Å²) >= 11 is 0. The quantitative estimate of drug-likeness (QED) is 0.317. The lowest BCUT2D eigenvalue weighted by molar-refractivity contribution is 0.292. The number of nitrogens with zero attached hydrogens (tertiary/aromatic N) is 5. The summed E-state index contributed by atoms with van der Waals surface area (Å²) in [6.45, 7) is 13.9. The van der Waals surface area contributed by atoms with Gasteiger partial charge in [-0.1, -0.05) is 38.8 Å². The fourth-order valence-electron chi connectivity index (χ4n) is 3.59. The predicted molar refractivity (Wildman–Crippen MR) is 130 cm³/mol. The Kier molecular flexibility index (Phi) is 10.6. The minimum Gasteiger partial charge on any atom is -0.468 e. The Morgan fingerprint density at radius 3 is 2.61 bits per heavy atom. The van der Waals surface area contributed by atoms with Crippen LogP contribution in [-0.2, 0) is 6.54 Å². The van der Waals surface area contributed by atoms with Gasteiger partial charge in [-0.3, -0.25) is 4.57 Å². The third-order valence-corrected chi connectivity index (χ3v) is 5.47. The van der Waals surface area contributed by atoms with E-state index in [1.54, 1.807) is 7.11 Å². The zero-order valence-electron chi connectivity index (χ0n) is 20.1. The Morgan fingerprint density at radius 2 is 1.94 bits per heavy atom. The first-order chi connectivity index (χ1) is 15.0. The molecule has 0 atom stereocenters. The van der Waals surface area contributed by atoms with Gasteiger partial charge in [-0.05, 0) is 52.1 Å². The maximum absolute atomic E-state index is 6.15. The molecule has 2 aromatic rings. The van der Waals surface area contributed by atoms with E-state index in [2.05, 4.69) is 58.9 Å². The van der Waals surface area contributed by atoms with Crippen LogP contribution in [0.4, 0.5) is 11.8 Å². The molecular weight excluding hydrogens is 390 g/mol. The molecule has 0 spiro atoms. The van der Waals surface area contributed by atoms with Gasteiger partial charge >= 0.3 is 0 Å². The maximum Gasteiger partial charge on any atom is 0.298 e. The number of aromatic nitrogens is 4. The molecule has 3 N–H and O–H groups in total. The van der Waals surface area contributed by atoms with Gasteiger partial charge in [0.15, 0.2) is 17.0 Å². The van der Waals surface area contributed by atoms with Crippen molar-refractivity contribution in [2.45, 2.75) is 72.8 Å². The highest BCUT2D eigenvalue weighted by Crippen LogP contribution is 2.25. The minimum atomic E-state index is 0.379. The Balaban J connectivity index is 2.01. The minimum absolute atomic E-state index is 0.379. The molecule has 0 aliphatic rings. The van der Waals surface area contributed by atoms with Crippen LogP contribution in [0.15, 0.2) is 11.6 Å². The molecule has 0 unspecified atom stereocenters. The van der Waals surface area contributed by atoms with Crippen LogP contribution in [0.5, 0.6) is 6.01 Å². The van der Waals surface area contributed by atoms with E-state index in [1.807, 2.05) is 4.57 Å². The highest BCUT2D eigenvalue weighted by Gasteiger charge is 2.17. The number of ether oxygens (including phenoxy) is 1. The van der Waals surface area contributed by atoms with Crippen LogP contribution in [0.25, 0.3) is 11.2 Å². The summed E-state index contributed by atoms with van der Waals surface area (Å²) in [5, 5.41) is 3.25. The SMILES string of the molecule is CCCCNc1nc(N)c2nc(OC)n(CCCC=C(C)CCN(CC)CCC)c2n1. The van der Waals surface area contributed by atoms with Gasteiger partial charge in [0.05, 0.1) is 7.11 Å². The number of nitrogens with two attached hydrogens (primary N) is 1. The van der Waals surface area contributed by atoms with Crippen LogP contribution in [0.1, 0.15) is 66.2 Å². The van der Waals surface area contributed by atoms with Crippen molar-refractivity contribution in [3.8, 4) is 6.01 Å². The third-order valence-electron chi connectivity index (χ3n) is 5.47. The van der Waals surface area contributed by atoms with Crippen LogP contribution in [0.2, 0.25) is 0 Å². The number of imidazole rings is 1. The first kappa shape index (κ1) is 24.9. The molecule has 2 heterocycles. The fraction of sp³-hybridized carbons (Fsp3) is 0.696. The average Bonchev–Trinajstić information content (AvgIpc) is 3.12. The van der Waals surface area contributed by atoms with Crippen molar-refractivity contribution in [1.29, 1.82) is 0 Å². The number of unbranched alkanes of at least 4 members (excludes halogenated alkanes) is 2. The topological polar surface area (TPSA) is 94.1 Å². The number of rotatable bonds is 15. The van der Waals surface area contributed by atoms with E-state index in [-0.39, 0.29) is 0 Å². The molecule has 8 nitrogen and oxygen atoms in total. The Bertz CT molecular complexity index is 831. The van der Waals surface area contributed by atoms with E-state index in [4.69, 9.17) is 10.5 Å². The van der Waals surface area contributed by atoms with Crippen molar-refractivity contribution in [3.05, 3.63) is 11.6 Å². The highest BCUT2D eigenvalue weighted by atomic mass is 16.5. The van der Waals surface area contributed by atoms with Crippen molar-refractivity contribution >= 4 is 22.9 Å².